The van der Waals surface area contributed by atoms with E-state index < -0.39 is 15.9 Å². The van der Waals surface area contributed by atoms with E-state index in [-0.39, 0.29) is 63.7 Å². The molecule has 39 heavy (non-hydrogen) atoms. The Kier molecular flexibility index (Phi) is 7.55. The van der Waals surface area contributed by atoms with E-state index in [4.69, 9.17) is 11.6 Å². The van der Waals surface area contributed by atoms with Crippen molar-refractivity contribution in [1.29, 1.82) is 0 Å². The number of hydrogen-bond donors (Lipinski definition) is 1. The van der Waals surface area contributed by atoms with Crippen molar-refractivity contribution in [2.24, 2.45) is 5.92 Å². The van der Waals surface area contributed by atoms with Gasteiger partial charge in [-0.2, -0.15) is 0 Å². The Balaban J connectivity index is 1.50. The lowest BCUT2D eigenvalue weighted by atomic mass is 9.88. The van der Waals surface area contributed by atoms with E-state index in [1.54, 1.807) is 18.2 Å². The van der Waals surface area contributed by atoms with Crippen molar-refractivity contribution in [1.82, 2.24) is 10.3 Å². The van der Waals surface area contributed by atoms with Gasteiger partial charge in [0.15, 0.2) is 5.78 Å². The molecule has 1 saturated heterocycles. The Morgan fingerprint density at radius 2 is 1.90 bits per heavy atom. The van der Waals surface area contributed by atoms with Crippen molar-refractivity contribution in [2.45, 2.75) is 49.5 Å². The summed E-state index contributed by atoms with van der Waals surface area (Å²) >= 11 is 6.10. The predicted molar refractivity (Wildman–Crippen MR) is 147 cm³/mol. The maximum Gasteiger partial charge on any atom is 0.264 e. The molecular weight excluding hydrogens is 538 g/mol. The zero-order valence-electron chi connectivity index (χ0n) is 21.3. The fourth-order valence-corrected chi connectivity index (χ4v) is 7.00. The molecule has 3 aromatic rings. The number of ketones is 2. The third-order valence-corrected chi connectivity index (χ3v) is 9.39. The first kappa shape index (κ1) is 27.0. The highest BCUT2D eigenvalue weighted by molar-refractivity contribution is 7.92. The fourth-order valence-electron chi connectivity index (χ4n) is 5.19. The van der Waals surface area contributed by atoms with Crippen LogP contribution in [0.2, 0.25) is 5.02 Å². The van der Waals surface area contributed by atoms with Crippen LogP contribution in [0.4, 0.5) is 5.69 Å². The van der Waals surface area contributed by atoms with Crippen molar-refractivity contribution in [3.63, 3.8) is 0 Å². The summed E-state index contributed by atoms with van der Waals surface area (Å²) in [5, 5.41) is 3.12. The van der Waals surface area contributed by atoms with Crippen LogP contribution in [-0.2, 0) is 26.0 Å². The molecule has 8 nitrogen and oxygen atoms in total. The second-order valence-electron chi connectivity index (χ2n) is 10.1. The van der Waals surface area contributed by atoms with Gasteiger partial charge in [0.1, 0.15) is 11.5 Å². The largest absolute Gasteiger partial charge is 0.353 e. The molecule has 0 radical (unpaired) electrons. The number of Topliss-reactive ketones (excluding diaryl/α,β-unsaturated/α-hetero) is 2. The van der Waals surface area contributed by atoms with Gasteiger partial charge in [-0.15, -0.1) is 0 Å². The lowest BCUT2D eigenvalue weighted by molar-refractivity contribution is -0.120. The Morgan fingerprint density at radius 1 is 1.13 bits per heavy atom. The normalized spacial score (nSPS) is 19.9. The van der Waals surface area contributed by atoms with Crippen LogP contribution in [-0.4, -0.2) is 43.5 Å². The molecule has 1 aromatic heterocycles. The number of anilines is 1. The summed E-state index contributed by atoms with van der Waals surface area (Å²) in [6.45, 7) is 1.72. The number of hydrogen-bond acceptors (Lipinski definition) is 6. The number of fused-ring (bicyclic) bond motifs is 1. The number of sulfonamides is 1. The first-order valence-electron chi connectivity index (χ1n) is 12.8. The van der Waals surface area contributed by atoms with Gasteiger partial charge in [-0.1, -0.05) is 54.9 Å². The van der Waals surface area contributed by atoms with Gasteiger partial charge in [0, 0.05) is 48.5 Å². The van der Waals surface area contributed by atoms with Gasteiger partial charge in [0.05, 0.1) is 10.6 Å². The minimum Gasteiger partial charge on any atom is -0.353 e. The van der Waals surface area contributed by atoms with E-state index in [0.717, 1.165) is 5.56 Å². The number of amides is 1. The number of aromatic nitrogens is 1. The number of benzene rings is 2. The van der Waals surface area contributed by atoms with Crippen molar-refractivity contribution < 1.29 is 22.8 Å². The molecule has 1 fully saturated rings. The van der Waals surface area contributed by atoms with Crippen LogP contribution in [0.5, 0.6) is 0 Å². The molecule has 2 aliphatic heterocycles. The summed E-state index contributed by atoms with van der Waals surface area (Å²) in [6.07, 6.45) is 2.78. The number of halogens is 1. The van der Waals surface area contributed by atoms with Crippen LogP contribution < -0.4 is 9.62 Å². The third-order valence-electron chi connectivity index (χ3n) is 7.38. The number of rotatable bonds is 8. The zero-order valence-corrected chi connectivity index (χ0v) is 22.9. The fraction of sp³-hybridized carbons (Fsp3) is 0.310. The van der Waals surface area contributed by atoms with Gasteiger partial charge in [0.2, 0.25) is 5.91 Å². The van der Waals surface area contributed by atoms with Gasteiger partial charge < -0.3 is 5.32 Å². The summed E-state index contributed by atoms with van der Waals surface area (Å²) in [4.78, 5) is 42.7. The quantitative estimate of drug-likeness (QED) is 0.435. The molecule has 1 amide bonds. The molecular formula is C29H28ClN3O5S. The molecule has 1 N–H and O–H groups in total. The molecule has 5 rings (SSSR count). The van der Waals surface area contributed by atoms with Crippen molar-refractivity contribution in [3.05, 3.63) is 88.7 Å². The first-order valence-corrected chi connectivity index (χ1v) is 14.6. The predicted octanol–water partition coefficient (Wildman–Crippen LogP) is 4.33. The molecule has 3 atom stereocenters. The van der Waals surface area contributed by atoms with E-state index in [1.165, 1.54) is 22.6 Å². The summed E-state index contributed by atoms with van der Waals surface area (Å²) in [5.74, 6) is -1.46. The van der Waals surface area contributed by atoms with E-state index in [9.17, 15) is 22.8 Å². The molecule has 0 bridgehead atoms. The van der Waals surface area contributed by atoms with Crippen molar-refractivity contribution in [2.75, 3.05) is 10.8 Å². The molecule has 0 aliphatic carbocycles. The monoisotopic (exact) mass is 565 g/mol. The van der Waals surface area contributed by atoms with E-state index in [2.05, 4.69) is 10.3 Å². The smallest absolute Gasteiger partial charge is 0.264 e. The molecule has 202 valence electrons. The summed E-state index contributed by atoms with van der Waals surface area (Å²) in [5.41, 5.74) is 1.58. The third kappa shape index (κ3) is 5.60. The maximum atomic E-state index is 13.9. The molecule has 3 heterocycles. The molecule has 2 aromatic carbocycles. The van der Waals surface area contributed by atoms with E-state index in [0.29, 0.717) is 24.8 Å². The van der Waals surface area contributed by atoms with Crippen molar-refractivity contribution >= 4 is 44.8 Å². The van der Waals surface area contributed by atoms with Crippen LogP contribution in [0.25, 0.3) is 0 Å². The van der Waals surface area contributed by atoms with Gasteiger partial charge >= 0.3 is 0 Å². The second-order valence-corrected chi connectivity index (χ2v) is 12.4. The van der Waals surface area contributed by atoms with E-state index >= 15 is 0 Å². The van der Waals surface area contributed by atoms with Crippen LogP contribution in [0.15, 0.2) is 71.8 Å². The number of carbonyl (C=O) groups is 3. The first-order chi connectivity index (χ1) is 18.6. The lowest BCUT2D eigenvalue weighted by Gasteiger charge is -2.34. The SMILES string of the molecule is C[C@H](C(=O)Cc1cnc2c(c1)N(S(=O)(=O)c1cccc(Cl)c1)CC(CC1CCC(=O)N1)C2=O)c1ccccc1. The highest BCUT2D eigenvalue weighted by Crippen LogP contribution is 2.36. The Labute approximate surface area is 232 Å². The average molecular weight is 566 g/mol. The maximum absolute atomic E-state index is 13.9. The number of nitrogens with zero attached hydrogens (tertiary/aromatic N) is 2. The number of nitrogens with one attached hydrogen (secondary N) is 1. The Morgan fingerprint density at radius 3 is 2.59 bits per heavy atom. The highest BCUT2D eigenvalue weighted by atomic mass is 35.5. The summed E-state index contributed by atoms with van der Waals surface area (Å²) in [6, 6.07) is 16.7. The molecule has 0 spiro atoms. The van der Waals surface area contributed by atoms with Gasteiger partial charge in [-0.25, -0.2) is 8.42 Å². The van der Waals surface area contributed by atoms with E-state index in [1.807, 2.05) is 37.3 Å². The van der Waals surface area contributed by atoms with Gasteiger partial charge in [-0.3, -0.25) is 23.7 Å². The second kappa shape index (κ2) is 10.9. The average Bonchev–Trinajstić information content (AvgIpc) is 3.34. The molecule has 2 aliphatic rings. The highest BCUT2D eigenvalue weighted by Gasteiger charge is 2.41. The van der Waals surface area contributed by atoms with Crippen molar-refractivity contribution in [3.8, 4) is 0 Å². The summed E-state index contributed by atoms with van der Waals surface area (Å²) in [7, 11) is -4.12. The Bertz CT molecular complexity index is 1540. The van der Waals surface area contributed by atoms with Crippen LogP contribution in [0, 0.1) is 5.92 Å². The number of pyridine rings is 1. The standard InChI is InChI=1S/C29H28ClN3O5S/c1-18(20-6-3-2-4-7-20)26(34)13-19-12-25-28(31-16-19)29(36)21(14-23-10-11-27(35)32-23)17-33(25)39(37,38)24-9-5-8-22(30)15-24/h2-9,12,15-16,18,21,23H,10-11,13-14,17H2,1H3,(H,32,35)/t18-,21?,23?/m0/s1. The molecule has 10 heteroatoms. The lowest BCUT2D eigenvalue weighted by Crippen LogP contribution is -2.45. The topological polar surface area (TPSA) is 114 Å². The van der Waals surface area contributed by atoms with Crippen LogP contribution in [0.1, 0.15) is 53.7 Å². The molecule has 2 unspecified atom stereocenters. The Hall–Kier alpha value is -3.56. The molecule has 0 saturated carbocycles. The number of carbonyl (C=O) groups excluding carboxylic acids is 3. The van der Waals surface area contributed by atoms with Crippen LogP contribution in [0.3, 0.4) is 0 Å². The van der Waals surface area contributed by atoms with Gasteiger partial charge in [-0.05, 0) is 48.2 Å². The minimum atomic E-state index is -4.12. The van der Waals surface area contributed by atoms with Crippen LogP contribution >= 0.6 is 11.6 Å². The summed E-state index contributed by atoms with van der Waals surface area (Å²) < 4.78 is 28.9. The minimum absolute atomic E-state index is 0.0117. The van der Waals surface area contributed by atoms with Gasteiger partial charge in [0.25, 0.3) is 10.0 Å². The zero-order chi connectivity index (χ0) is 27.7.